The van der Waals surface area contributed by atoms with Gasteiger partial charge < -0.3 is 10.5 Å². The number of aromatic nitrogens is 1. The Kier molecular flexibility index (Phi) is 3.88. The standard InChI is InChI=1S/C12H8BrFN2OS/c13-9-2-1-7(14)5-10(9)17-11-6-16-4-3-8(11)12(15)18/h1-6H,(H2,15,18). The van der Waals surface area contributed by atoms with Crippen molar-refractivity contribution in [2.45, 2.75) is 0 Å². The van der Waals surface area contributed by atoms with Gasteiger partial charge in [0.2, 0.25) is 0 Å². The first-order valence-electron chi connectivity index (χ1n) is 4.94. The van der Waals surface area contributed by atoms with Crippen LogP contribution in [0.3, 0.4) is 0 Å². The Morgan fingerprint density at radius 2 is 2.11 bits per heavy atom. The summed E-state index contributed by atoms with van der Waals surface area (Å²) >= 11 is 8.18. The molecule has 2 rings (SSSR count). The van der Waals surface area contributed by atoms with Crippen molar-refractivity contribution in [3.63, 3.8) is 0 Å². The fourth-order valence-electron chi connectivity index (χ4n) is 1.34. The Morgan fingerprint density at radius 3 is 2.83 bits per heavy atom. The summed E-state index contributed by atoms with van der Waals surface area (Å²) in [6.45, 7) is 0. The van der Waals surface area contributed by atoms with Crippen LogP contribution in [0.1, 0.15) is 5.56 Å². The number of halogens is 2. The van der Waals surface area contributed by atoms with Crippen LogP contribution in [0.15, 0.2) is 41.1 Å². The molecule has 0 amide bonds. The maximum atomic E-state index is 13.1. The van der Waals surface area contributed by atoms with Crippen molar-refractivity contribution in [2.24, 2.45) is 5.73 Å². The van der Waals surface area contributed by atoms with E-state index in [2.05, 4.69) is 20.9 Å². The first kappa shape index (κ1) is 12.9. The summed E-state index contributed by atoms with van der Waals surface area (Å²) in [7, 11) is 0. The first-order chi connectivity index (χ1) is 8.58. The molecule has 0 aliphatic rings. The fraction of sp³-hybridized carbons (Fsp3) is 0. The van der Waals surface area contributed by atoms with Crippen molar-refractivity contribution in [3.8, 4) is 11.5 Å². The lowest BCUT2D eigenvalue weighted by Crippen LogP contribution is -2.10. The Balaban J connectivity index is 2.40. The highest BCUT2D eigenvalue weighted by atomic mass is 79.9. The fourth-order valence-corrected chi connectivity index (χ4v) is 1.83. The Morgan fingerprint density at radius 1 is 1.33 bits per heavy atom. The largest absolute Gasteiger partial charge is 0.454 e. The molecule has 18 heavy (non-hydrogen) atoms. The Hall–Kier alpha value is -1.53. The van der Waals surface area contributed by atoms with Gasteiger partial charge in [-0.1, -0.05) is 12.2 Å². The van der Waals surface area contributed by atoms with E-state index >= 15 is 0 Å². The van der Waals surface area contributed by atoms with E-state index in [4.69, 9.17) is 22.7 Å². The van der Waals surface area contributed by atoms with Crippen LogP contribution in [0.25, 0.3) is 0 Å². The molecular weight excluding hydrogens is 319 g/mol. The lowest BCUT2D eigenvalue weighted by Gasteiger charge is -2.10. The molecule has 0 bridgehead atoms. The summed E-state index contributed by atoms with van der Waals surface area (Å²) in [4.78, 5) is 4.12. The van der Waals surface area contributed by atoms with Crippen molar-refractivity contribution in [1.82, 2.24) is 4.98 Å². The monoisotopic (exact) mass is 326 g/mol. The number of rotatable bonds is 3. The maximum Gasteiger partial charge on any atom is 0.155 e. The van der Waals surface area contributed by atoms with Crippen molar-refractivity contribution in [2.75, 3.05) is 0 Å². The number of pyridine rings is 1. The molecule has 0 saturated heterocycles. The van der Waals surface area contributed by atoms with Crippen molar-refractivity contribution in [3.05, 3.63) is 52.5 Å². The minimum Gasteiger partial charge on any atom is -0.454 e. The first-order valence-corrected chi connectivity index (χ1v) is 6.15. The lowest BCUT2D eigenvalue weighted by atomic mass is 10.2. The van der Waals surface area contributed by atoms with Crippen LogP contribution in [0.5, 0.6) is 11.5 Å². The van der Waals surface area contributed by atoms with Gasteiger partial charge in [0.15, 0.2) is 5.75 Å². The molecule has 92 valence electrons. The third-order valence-electron chi connectivity index (χ3n) is 2.16. The second-order valence-corrected chi connectivity index (χ2v) is 4.71. The lowest BCUT2D eigenvalue weighted by molar-refractivity contribution is 0.470. The molecule has 0 radical (unpaired) electrons. The molecule has 2 aromatic rings. The molecule has 0 saturated carbocycles. The van der Waals surface area contributed by atoms with Crippen LogP contribution in [-0.4, -0.2) is 9.97 Å². The highest BCUT2D eigenvalue weighted by Crippen LogP contribution is 2.31. The molecule has 1 aromatic heterocycles. The zero-order chi connectivity index (χ0) is 13.1. The van der Waals surface area contributed by atoms with Gasteiger partial charge in [0.1, 0.15) is 16.6 Å². The number of thiocarbonyl (C=S) groups is 1. The number of benzene rings is 1. The number of hydrogen-bond acceptors (Lipinski definition) is 3. The number of nitrogens with two attached hydrogens (primary N) is 1. The number of ether oxygens (including phenoxy) is 1. The molecule has 6 heteroatoms. The van der Waals surface area contributed by atoms with Crippen LogP contribution in [0.2, 0.25) is 0 Å². The zero-order valence-corrected chi connectivity index (χ0v) is 11.5. The van der Waals surface area contributed by atoms with E-state index in [1.165, 1.54) is 18.3 Å². The molecule has 0 atom stereocenters. The predicted octanol–water partition coefficient (Wildman–Crippen LogP) is 3.41. The third kappa shape index (κ3) is 2.83. The van der Waals surface area contributed by atoms with Crippen LogP contribution < -0.4 is 10.5 Å². The normalized spacial score (nSPS) is 10.1. The Labute approximate surface area is 117 Å². The molecule has 0 aliphatic heterocycles. The molecule has 1 aromatic carbocycles. The molecular formula is C12H8BrFN2OS. The minimum absolute atomic E-state index is 0.194. The number of hydrogen-bond donors (Lipinski definition) is 1. The second kappa shape index (κ2) is 5.41. The highest BCUT2D eigenvalue weighted by molar-refractivity contribution is 9.10. The van der Waals surface area contributed by atoms with Gasteiger partial charge in [-0.05, 0) is 34.1 Å². The average Bonchev–Trinajstić information content (AvgIpc) is 2.34. The zero-order valence-electron chi connectivity index (χ0n) is 9.06. The summed E-state index contributed by atoms with van der Waals surface area (Å²) in [6.07, 6.45) is 3.04. The van der Waals surface area contributed by atoms with E-state index < -0.39 is 5.82 Å². The molecule has 0 fully saturated rings. The van der Waals surface area contributed by atoms with E-state index in [0.29, 0.717) is 21.5 Å². The van der Waals surface area contributed by atoms with Gasteiger partial charge in [0, 0.05) is 12.3 Å². The van der Waals surface area contributed by atoms with E-state index in [-0.39, 0.29) is 4.99 Å². The van der Waals surface area contributed by atoms with E-state index in [1.54, 1.807) is 18.3 Å². The van der Waals surface area contributed by atoms with E-state index in [0.717, 1.165) is 0 Å². The minimum atomic E-state index is -0.394. The summed E-state index contributed by atoms with van der Waals surface area (Å²) in [5.74, 6) is 0.325. The average molecular weight is 327 g/mol. The van der Waals surface area contributed by atoms with Crippen molar-refractivity contribution >= 4 is 33.1 Å². The van der Waals surface area contributed by atoms with Gasteiger partial charge in [-0.25, -0.2) is 4.39 Å². The molecule has 2 N–H and O–H groups in total. The topological polar surface area (TPSA) is 48.1 Å². The van der Waals surface area contributed by atoms with Crippen LogP contribution in [0.4, 0.5) is 4.39 Å². The third-order valence-corrected chi connectivity index (χ3v) is 3.04. The second-order valence-electron chi connectivity index (χ2n) is 3.41. The smallest absolute Gasteiger partial charge is 0.155 e. The molecule has 0 aliphatic carbocycles. The highest BCUT2D eigenvalue weighted by Gasteiger charge is 2.10. The van der Waals surface area contributed by atoms with Crippen LogP contribution in [-0.2, 0) is 0 Å². The van der Waals surface area contributed by atoms with Gasteiger partial charge in [0.05, 0.1) is 16.2 Å². The van der Waals surface area contributed by atoms with E-state index in [1.807, 2.05) is 0 Å². The molecule has 3 nitrogen and oxygen atoms in total. The molecule has 1 heterocycles. The quantitative estimate of drug-likeness (QED) is 0.878. The van der Waals surface area contributed by atoms with Crippen LogP contribution in [0, 0.1) is 5.82 Å². The predicted molar refractivity (Wildman–Crippen MR) is 74.3 cm³/mol. The summed E-state index contributed by atoms with van der Waals surface area (Å²) in [6, 6.07) is 5.79. The van der Waals surface area contributed by atoms with E-state index in [9.17, 15) is 4.39 Å². The maximum absolute atomic E-state index is 13.1. The van der Waals surface area contributed by atoms with Gasteiger partial charge >= 0.3 is 0 Å². The summed E-state index contributed by atoms with van der Waals surface area (Å²) in [5, 5.41) is 0. The van der Waals surface area contributed by atoms with Gasteiger partial charge in [-0.3, -0.25) is 4.98 Å². The molecule has 0 spiro atoms. The van der Waals surface area contributed by atoms with Gasteiger partial charge in [-0.2, -0.15) is 0 Å². The Bertz CT molecular complexity index is 606. The van der Waals surface area contributed by atoms with Gasteiger partial charge in [0.25, 0.3) is 0 Å². The summed E-state index contributed by atoms with van der Waals surface area (Å²) in [5.41, 5.74) is 6.13. The molecule has 0 unspecified atom stereocenters. The number of nitrogens with zero attached hydrogens (tertiary/aromatic N) is 1. The van der Waals surface area contributed by atoms with Crippen molar-refractivity contribution < 1.29 is 9.13 Å². The summed E-state index contributed by atoms with van der Waals surface area (Å²) < 4.78 is 19.3. The van der Waals surface area contributed by atoms with Gasteiger partial charge in [-0.15, -0.1) is 0 Å². The van der Waals surface area contributed by atoms with Crippen LogP contribution >= 0.6 is 28.1 Å². The van der Waals surface area contributed by atoms with Crippen molar-refractivity contribution in [1.29, 1.82) is 0 Å². The SMILES string of the molecule is NC(=S)c1ccncc1Oc1cc(F)ccc1Br.